The number of aromatic hydroxyl groups is 1. The lowest BCUT2D eigenvalue weighted by atomic mass is 10.2. The van der Waals surface area contributed by atoms with Crippen molar-refractivity contribution in [2.75, 3.05) is 5.32 Å². The van der Waals surface area contributed by atoms with Gasteiger partial charge < -0.3 is 10.4 Å². The molecule has 0 spiro atoms. The zero-order chi connectivity index (χ0) is 17.9. The van der Waals surface area contributed by atoms with Crippen molar-refractivity contribution in [2.24, 2.45) is 0 Å². The smallest absolute Gasteiger partial charge is 0.244 e. The Labute approximate surface area is 139 Å². The molecule has 24 heavy (non-hydrogen) atoms. The van der Waals surface area contributed by atoms with Crippen LogP contribution >= 0.6 is 0 Å². The van der Waals surface area contributed by atoms with Gasteiger partial charge in [-0.2, -0.15) is 4.72 Å². The van der Waals surface area contributed by atoms with Crippen molar-refractivity contribution in [2.45, 2.75) is 24.8 Å². The van der Waals surface area contributed by atoms with Crippen LogP contribution in [0.25, 0.3) is 0 Å². The van der Waals surface area contributed by atoms with Gasteiger partial charge >= 0.3 is 0 Å². The first-order chi connectivity index (χ1) is 11.2. The number of rotatable bonds is 5. The topological polar surface area (TPSA) is 95.5 Å². The first kappa shape index (κ1) is 17.9. The monoisotopic (exact) mass is 352 g/mol. The lowest BCUT2D eigenvalue weighted by Crippen LogP contribution is -2.41. The number of hydrogen-bond donors (Lipinski definition) is 3. The van der Waals surface area contributed by atoms with Gasteiger partial charge in [0.25, 0.3) is 0 Å². The standard InChI is InChI=1S/C16H17FN2O4S/c1-10-7-8-13(14(20)9-10)18-16(21)11(2)19-24(22,23)15-6-4-3-5-12(15)17/h3-9,11,19-20H,1-2H3,(H,18,21)/t11-/m1/s1. The third-order valence-electron chi connectivity index (χ3n) is 3.26. The van der Waals surface area contributed by atoms with Gasteiger partial charge in [0.15, 0.2) is 0 Å². The first-order valence-electron chi connectivity index (χ1n) is 7.08. The number of anilines is 1. The fraction of sp³-hybridized carbons (Fsp3) is 0.188. The fourth-order valence-electron chi connectivity index (χ4n) is 2.00. The third kappa shape index (κ3) is 4.09. The molecule has 0 saturated carbocycles. The molecule has 3 N–H and O–H groups in total. The van der Waals surface area contributed by atoms with Crippen molar-refractivity contribution in [3.8, 4) is 5.75 Å². The van der Waals surface area contributed by atoms with Gasteiger partial charge in [-0.1, -0.05) is 18.2 Å². The molecule has 0 unspecified atom stereocenters. The minimum absolute atomic E-state index is 0.132. The molecular formula is C16H17FN2O4S. The van der Waals surface area contributed by atoms with Crippen molar-refractivity contribution in [3.63, 3.8) is 0 Å². The summed E-state index contributed by atoms with van der Waals surface area (Å²) >= 11 is 0. The van der Waals surface area contributed by atoms with E-state index in [9.17, 15) is 22.7 Å². The zero-order valence-electron chi connectivity index (χ0n) is 13.1. The first-order valence-corrected chi connectivity index (χ1v) is 8.56. The molecule has 2 aromatic carbocycles. The SMILES string of the molecule is Cc1ccc(NC(=O)[C@@H](C)NS(=O)(=O)c2ccccc2F)c(O)c1. The van der Waals surface area contributed by atoms with Gasteiger partial charge in [-0.05, 0) is 43.7 Å². The maximum Gasteiger partial charge on any atom is 0.244 e. The zero-order valence-corrected chi connectivity index (χ0v) is 13.9. The van der Waals surface area contributed by atoms with E-state index in [4.69, 9.17) is 0 Å². The van der Waals surface area contributed by atoms with Crippen LogP contribution in [0, 0.1) is 12.7 Å². The van der Waals surface area contributed by atoms with Crippen LogP contribution in [0.4, 0.5) is 10.1 Å². The largest absolute Gasteiger partial charge is 0.506 e. The number of nitrogens with one attached hydrogen (secondary N) is 2. The molecule has 2 aromatic rings. The van der Waals surface area contributed by atoms with Gasteiger partial charge in [0.05, 0.1) is 11.7 Å². The predicted octanol–water partition coefficient (Wildman–Crippen LogP) is 2.15. The number of hydrogen-bond acceptors (Lipinski definition) is 4. The van der Waals surface area contributed by atoms with E-state index in [1.807, 2.05) is 0 Å². The molecule has 0 radical (unpaired) electrons. The number of phenols is 1. The number of carbonyl (C=O) groups excluding carboxylic acids is 1. The maximum absolute atomic E-state index is 13.6. The quantitative estimate of drug-likeness (QED) is 0.719. The molecular weight excluding hydrogens is 335 g/mol. The van der Waals surface area contributed by atoms with Crippen molar-refractivity contribution in [1.82, 2.24) is 4.72 Å². The van der Waals surface area contributed by atoms with E-state index in [1.54, 1.807) is 13.0 Å². The second-order valence-corrected chi connectivity index (χ2v) is 6.97. The third-order valence-corrected chi connectivity index (χ3v) is 4.84. The minimum atomic E-state index is -4.19. The Morgan fingerprint density at radius 3 is 2.50 bits per heavy atom. The van der Waals surface area contributed by atoms with Crippen LogP contribution in [-0.4, -0.2) is 25.5 Å². The van der Waals surface area contributed by atoms with E-state index in [1.165, 1.54) is 31.2 Å². The van der Waals surface area contributed by atoms with E-state index in [2.05, 4.69) is 10.0 Å². The summed E-state index contributed by atoms with van der Waals surface area (Å²) in [6.07, 6.45) is 0. The second-order valence-electron chi connectivity index (χ2n) is 5.28. The van der Waals surface area contributed by atoms with Gasteiger partial charge in [0.2, 0.25) is 15.9 Å². The van der Waals surface area contributed by atoms with Crippen LogP contribution in [-0.2, 0) is 14.8 Å². The van der Waals surface area contributed by atoms with E-state index >= 15 is 0 Å². The number of amides is 1. The number of halogens is 1. The molecule has 0 heterocycles. The van der Waals surface area contributed by atoms with Gasteiger partial charge in [0.1, 0.15) is 16.5 Å². The summed E-state index contributed by atoms with van der Waals surface area (Å²) in [5.41, 5.74) is 0.960. The number of benzene rings is 2. The summed E-state index contributed by atoms with van der Waals surface area (Å²) in [5.74, 6) is -1.73. The van der Waals surface area contributed by atoms with E-state index in [0.717, 1.165) is 17.7 Å². The summed E-state index contributed by atoms with van der Waals surface area (Å²) in [5, 5.41) is 12.2. The lowest BCUT2D eigenvalue weighted by Gasteiger charge is -2.15. The molecule has 6 nitrogen and oxygen atoms in total. The van der Waals surface area contributed by atoms with Gasteiger partial charge in [-0.15, -0.1) is 0 Å². The van der Waals surface area contributed by atoms with E-state index < -0.39 is 32.7 Å². The summed E-state index contributed by atoms with van der Waals surface area (Å²) < 4.78 is 40.0. The van der Waals surface area contributed by atoms with Crippen LogP contribution < -0.4 is 10.0 Å². The Bertz CT molecular complexity index is 868. The molecule has 1 amide bonds. The molecule has 8 heteroatoms. The Balaban J connectivity index is 2.12. The van der Waals surface area contributed by atoms with Crippen LogP contribution in [0.5, 0.6) is 5.75 Å². The highest BCUT2D eigenvalue weighted by Gasteiger charge is 2.24. The number of sulfonamides is 1. The molecule has 0 aliphatic carbocycles. The molecule has 0 fully saturated rings. The molecule has 0 bridgehead atoms. The molecule has 0 aliphatic heterocycles. The highest BCUT2D eigenvalue weighted by molar-refractivity contribution is 7.89. The molecule has 0 saturated heterocycles. The molecule has 0 aromatic heterocycles. The van der Waals surface area contributed by atoms with E-state index in [0.29, 0.717) is 0 Å². The highest BCUT2D eigenvalue weighted by atomic mass is 32.2. The van der Waals surface area contributed by atoms with E-state index in [-0.39, 0.29) is 11.4 Å². The lowest BCUT2D eigenvalue weighted by molar-refractivity contribution is -0.117. The van der Waals surface area contributed by atoms with Crippen LogP contribution in [0.1, 0.15) is 12.5 Å². The van der Waals surface area contributed by atoms with Gasteiger partial charge in [0, 0.05) is 0 Å². The van der Waals surface area contributed by atoms with Crippen LogP contribution in [0.3, 0.4) is 0 Å². The van der Waals surface area contributed by atoms with Crippen LogP contribution in [0.2, 0.25) is 0 Å². The molecule has 2 rings (SSSR count). The summed E-state index contributed by atoms with van der Waals surface area (Å²) in [4.78, 5) is 11.6. The van der Waals surface area contributed by atoms with Gasteiger partial charge in [-0.3, -0.25) is 4.79 Å². The number of phenolic OH excluding ortho intramolecular Hbond substituents is 1. The molecule has 0 aliphatic rings. The maximum atomic E-state index is 13.6. The minimum Gasteiger partial charge on any atom is -0.506 e. The Hall–Kier alpha value is -2.45. The Morgan fingerprint density at radius 1 is 1.21 bits per heavy atom. The number of aryl methyl sites for hydroxylation is 1. The van der Waals surface area contributed by atoms with Gasteiger partial charge in [-0.25, -0.2) is 12.8 Å². The summed E-state index contributed by atoms with van der Waals surface area (Å²) in [6, 6.07) is 8.35. The summed E-state index contributed by atoms with van der Waals surface area (Å²) in [6.45, 7) is 3.09. The molecule has 1 atom stereocenters. The fourth-order valence-corrected chi connectivity index (χ4v) is 3.28. The number of carbonyl (C=O) groups is 1. The Kier molecular flexibility index (Phi) is 5.20. The highest BCUT2D eigenvalue weighted by Crippen LogP contribution is 2.24. The second kappa shape index (κ2) is 6.98. The van der Waals surface area contributed by atoms with Crippen molar-refractivity contribution in [3.05, 3.63) is 53.8 Å². The van der Waals surface area contributed by atoms with Crippen molar-refractivity contribution in [1.29, 1.82) is 0 Å². The van der Waals surface area contributed by atoms with Crippen molar-refractivity contribution < 1.29 is 22.7 Å². The summed E-state index contributed by atoms with van der Waals surface area (Å²) in [7, 11) is -4.19. The Morgan fingerprint density at radius 2 is 1.88 bits per heavy atom. The normalized spacial score (nSPS) is 12.6. The molecule has 128 valence electrons. The average Bonchev–Trinajstić information content (AvgIpc) is 2.49. The van der Waals surface area contributed by atoms with Crippen LogP contribution in [0.15, 0.2) is 47.4 Å². The predicted molar refractivity (Wildman–Crippen MR) is 87.7 cm³/mol. The van der Waals surface area contributed by atoms with Crippen molar-refractivity contribution >= 4 is 21.6 Å². The average molecular weight is 352 g/mol.